The molecule has 1 saturated heterocycles. The number of tetrazole rings is 1. The van der Waals surface area contributed by atoms with E-state index in [-0.39, 0.29) is 23.1 Å². The Morgan fingerprint density at radius 2 is 1.85 bits per heavy atom. The summed E-state index contributed by atoms with van der Waals surface area (Å²) < 4.78 is 0. The van der Waals surface area contributed by atoms with Crippen LogP contribution in [0.4, 0.5) is 5.69 Å². The molecule has 144 valence electrons. The molecule has 2 heterocycles. The van der Waals surface area contributed by atoms with Gasteiger partial charge in [0, 0.05) is 36.5 Å². The lowest BCUT2D eigenvalue weighted by atomic mass is 9.90. The minimum atomic E-state index is -0.377. The quantitative estimate of drug-likeness (QED) is 0.857. The van der Waals surface area contributed by atoms with Gasteiger partial charge in [0.2, 0.25) is 11.8 Å². The van der Waals surface area contributed by atoms with Crippen LogP contribution >= 0.6 is 0 Å². The Morgan fingerprint density at radius 3 is 2.41 bits per heavy atom. The highest BCUT2D eigenvalue weighted by atomic mass is 16.2. The van der Waals surface area contributed by atoms with Crippen LogP contribution < -0.4 is 5.32 Å². The number of likely N-dealkylation sites (tertiary alicyclic amines) is 1. The molecular weight excluding hydrogens is 344 g/mol. The second-order valence-electron chi connectivity index (χ2n) is 8.01. The maximum absolute atomic E-state index is 12.5. The molecule has 2 aromatic rings. The fourth-order valence-corrected chi connectivity index (χ4v) is 3.21. The predicted octanol–water partition coefficient (Wildman–Crippen LogP) is 2.01. The van der Waals surface area contributed by atoms with Crippen molar-refractivity contribution in [3.05, 3.63) is 35.7 Å². The second-order valence-corrected chi connectivity index (χ2v) is 8.01. The number of nitrogens with zero attached hydrogens (tertiary/aromatic N) is 4. The summed E-state index contributed by atoms with van der Waals surface area (Å²) in [6.07, 6.45) is 1.98. The lowest BCUT2D eigenvalue weighted by Gasteiger charge is -2.35. The molecule has 0 atom stereocenters. The van der Waals surface area contributed by atoms with Crippen LogP contribution in [0.5, 0.6) is 0 Å². The maximum atomic E-state index is 12.5. The van der Waals surface area contributed by atoms with Crippen molar-refractivity contribution in [2.75, 3.05) is 18.4 Å². The average molecular weight is 370 g/mol. The van der Waals surface area contributed by atoms with Crippen molar-refractivity contribution in [1.29, 1.82) is 0 Å². The lowest BCUT2D eigenvalue weighted by molar-refractivity contribution is -0.142. The number of nitrogens with one attached hydrogen (secondary N) is 2. The first-order chi connectivity index (χ1) is 12.8. The van der Waals surface area contributed by atoms with Crippen LogP contribution in [0.25, 0.3) is 0 Å². The van der Waals surface area contributed by atoms with Gasteiger partial charge in [-0.3, -0.25) is 9.59 Å². The molecule has 27 heavy (non-hydrogen) atoms. The molecule has 2 N–H and O–H groups in total. The molecule has 1 fully saturated rings. The van der Waals surface area contributed by atoms with Gasteiger partial charge in [-0.1, -0.05) is 38.1 Å². The van der Waals surface area contributed by atoms with Gasteiger partial charge in [-0.15, -0.1) is 10.2 Å². The van der Waals surface area contributed by atoms with Crippen molar-refractivity contribution in [3.63, 3.8) is 0 Å². The molecule has 8 heteroatoms. The van der Waals surface area contributed by atoms with Crippen molar-refractivity contribution in [2.24, 2.45) is 11.3 Å². The fraction of sp³-hybridized carbons (Fsp3) is 0.526. The number of piperidine rings is 1. The van der Waals surface area contributed by atoms with Crippen molar-refractivity contribution in [1.82, 2.24) is 25.5 Å². The summed E-state index contributed by atoms with van der Waals surface area (Å²) in [6, 6.07) is 7.64. The molecule has 1 aromatic carbocycles. The zero-order chi connectivity index (χ0) is 19.4. The van der Waals surface area contributed by atoms with Crippen LogP contribution in [-0.4, -0.2) is 50.4 Å². The minimum Gasteiger partial charge on any atom is -0.342 e. The molecule has 3 rings (SSSR count). The van der Waals surface area contributed by atoms with Gasteiger partial charge >= 0.3 is 0 Å². The third-order valence-electron chi connectivity index (χ3n) is 4.77. The number of hydrogen-bond donors (Lipinski definition) is 2. The van der Waals surface area contributed by atoms with E-state index in [1.165, 1.54) is 0 Å². The summed E-state index contributed by atoms with van der Waals surface area (Å²) in [7, 11) is 0. The standard InChI is InChI=1S/C19H26N6O2/c1-19(2,3)18(27)25-10-8-14(9-11-25)17(26)20-15-6-4-13(5-7-15)12-16-21-23-24-22-16/h4-7,14H,8-12H2,1-3H3,(H,20,26)(H,21,22,23,24). The number of hydrogen-bond acceptors (Lipinski definition) is 5. The van der Waals surface area contributed by atoms with Crippen LogP contribution in [0.3, 0.4) is 0 Å². The van der Waals surface area contributed by atoms with Crippen LogP contribution in [0.2, 0.25) is 0 Å². The number of aromatic nitrogens is 4. The van der Waals surface area contributed by atoms with E-state index in [1.54, 1.807) is 0 Å². The van der Waals surface area contributed by atoms with Gasteiger partial charge in [0.1, 0.15) is 0 Å². The number of carbonyl (C=O) groups is 2. The van der Waals surface area contributed by atoms with Crippen LogP contribution in [0.1, 0.15) is 45.0 Å². The summed E-state index contributed by atoms with van der Waals surface area (Å²) >= 11 is 0. The number of anilines is 1. The summed E-state index contributed by atoms with van der Waals surface area (Å²) in [5.74, 6) is 0.735. The molecule has 1 aliphatic rings. The first kappa shape index (κ1) is 19.0. The van der Waals surface area contributed by atoms with Crippen molar-refractivity contribution in [3.8, 4) is 0 Å². The molecule has 2 amide bonds. The molecule has 0 spiro atoms. The zero-order valence-corrected chi connectivity index (χ0v) is 16.0. The van der Waals surface area contributed by atoms with Gasteiger partial charge in [0.15, 0.2) is 5.82 Å². The van der Waals surface area contributed by atoms with Crippen molar-refractivity contribution < 1.29 is 9.59 Å². The number of rotatable bonds is 4. The Labute approximate surface area is 158 Å². The van der Waals surface area contributed by atoms with Crippen molar-refractivity contribution in [2.45, 2.75) is 40.0 Å². The van der Waals surface area contributed by atoms with E-state index < -0.39 is 0 Å². The molecule has 1 aromatic heterocycles. The van der Waals surface area contributed by atoms with Gasteiger partial charge in [-0.25, -0.2) is 0 Å². The van der Waals surface area contributed by atoms with E-state index in [9.17, 15) is 9.59 Å². The first-order valence-corrected chi connectivity index (χ1v) is 9.24. The van der Waals surface area contributed by atoms with Gasteiger partial charge < -0.3 is 10.2 Å². The van der Waals surface area contributed by atoms with Gasteiger partial charge in [0.05, 0.1) is 0 Å². The van der Waals surface area contributed by atoms with Gasteiger partial charge in [0.25, 0.3) is 0 Å². The zero-order valence-electron chi connectivity index (χ0n) is 16.0. The van der Waals surface area contributed by atoms with E-state index in [1.807, 2.05) is 49.9 Å². The van der Waals surface area contributed by atoms with Crippen LogP contribution in [0.15, 0.2) is 24.3 Å². The fourth-order valence-electron chi connectivity index (χ4n) is 3.21. The number of H-pyrrole nitrogens is 1. The molecule has 0 radical (unpaired) electrons. The Kier molecular flexibility index (Phi) is 5.53. The normalized spacial score (nSPS) is 15.6. The van der Waals surface area contributed by atoms with E-state index in [4.69, 9.17) is 0 Å². The molecule has 0 bridgehead atoms. The molecular formula is C19H26N6O2. The van der Waals surface area contributed by atoms with E-state index in [0.717, 1.165) is 11.3 Å². The molecule has 1 aliphatic heterocycles. The third-order valence-corrected chi connectivity index (χ3v) is 4.77. The Hall–Kier alpha value is -2.77. The van der Waals surface area contributed by atoms with Gasteiger partial charge in [-0.2, -0.15) is 5.21 Å². The number of amides is 2. The average Bonchev–Trinajstić information content (AvgIpc) is 3.15. The van der Waals surface area contributed by atoms with Crippen molar-refractivity contribution >= 4 is 17.5 Å². The van der Waals surface area contributed by atoms with Crippen LogP contribution in [0, 0.1) is 11.3 Å². The highest BCUT2D eigenvalue weighted by Gasteiger charge is 2.32. The number of benzene rings is 1. The molecule has 0 saturated carbocycles. The van der Waals surface area contributed by atoms with Gasteiger partial charge in [-0.05, 0) is 30.5 Å². The minimum absolute atomic E-state index is 0.0174. The lowest BCUT2D eigenvalue weighted by Crippen LogP contribution is -2.45. The van der Waals surface area contributed by atoms with E-state index >= 15 is 0 Å². The summed E-state index contributed by atoms with van der Waals surface area (Å²) in [4.78, 5) is 26.8. The largest absolute Gasteiger partial charge is 0.342 e. The highest BCUT2D eigenvalue weighted by molar-refractivity contribution is 5.92. The Balaban J connectivity index is 1.50. The third kappa shape index (κ3) is 4.90. The second kappa shape index (κ2) is 7.85. The Bertz CT molecular complexity index is 772. The Morgan fingerprint density at radius 1 is 1.19 bits per heavy atom. The highest BCUT2D eigenvalue weighted by Crippen LogP contribution is 2.24. The maximum Gasteiger partial charge on any atom is 0.227 e. The molecule has 0 unspecified atom stereocenters. The first-order valence-electron chi connectivity index (χ1n) is 9.24. The number of aromatic amines is 1. The summed E-state index contributed by atoms with van der Waals surface area (Å²) in [6.45, 7) is 7.05. The smallest absolute Gasteiger partial charge is 0.227 e. The summed E-state index contributed by atoms with van der Waals surface area (Å²) in [5.41, 5.74) is 1.44. The molecule has 0 aliphatic carbocycles. The topological polar surface area (TPSA) is 104 Å². The summed E-state index contributed by atoms with van der Waals surface area (Å²) in [5, 5.41) is 16.8. The van der Waals surface area contributed by atoms with E-state index in [0.29, 0.717) is 38.2 Å². The van der Waals surface area contributed by atoms with E-state index in [2.05, 4.69) is 25.9 Å². The molecule has 8 nitrogen and oxygen atoms in total. The SMILES string of the molecule is CC(C)(C)C(=O)N1CCC(C(=O)Nc2ccc(Cc3nn[nH]n3)cc2)CC1. The monoisotopic (exact) mass is 370 g/mol. The predicted molar refractivity (Wildman–Crippen MR) is 101 cm³/mol. The number of carbonyl (C=O) groups excluding carboxylic acids is 2. The van der Waals surface area contributed by atoms with Crippen LogP contribution in [-0.2, 0) is 16.0 Å².